The lowest BCUT2D eigenvalue weighted by atomic mass is 10.2. The number of hydrogen-bond donors (Lipinski definition) is 1. The maximum Gasteiger partial charge on any atom is 0.107 e. The number of aliphatic hydroxyl groups excluding tert-OH is 1. The molecule has 0 saturated carbocycles. The van der Waals surface area contributed by atoms with Gasteiger partial charge >= 0.3 is 0 Å². The first kappa shape index (κ1) is 8.02. The molecule has 1 fully saturated rings. The summed E-state index contributed by atoms with van der Waals surface area (Å²) in [7, 11) is 0. The molecule has 60 valence electrons. The van der Waals surface area contributed by atoms with Gasteiger partial charge in [-0.3, -0.25) is 4.90 Å². The third kappa shape index (κ3) is 2.67. The minimum atomic E-state index is -0.133. The summed E-state index contributed by atoms with van der Waals surface area (Å²) in [5.41, 5.74) is 0. The second kappa shape index (κ2) is 3.94. The molecule has 0 bridgehead atoms. The van der Waals surface area contributed by atoms with E-state index in [0.29, 0.717) is 0 Å². The number of unbranched alkanes of at least 4 members (excludes halogenated alkanes) is 2. The summed E-state index contributed by atoms with van der Waals surface area (Å²) >= 11 is 0. The Hall–Kier alpha value is -0.0800. The van der Waals surface area contributed by atoms with E-state index in [1.807, 2.05) is 0 Å². The van der Waals surface area contributed by atoms with E-state index in [1.165, 1.54) is 19.3 Å². The van der Waals surface area contributed by atoms with E-state index in [1.54, 1.807) is 0 Å². The van der Waals surface area contributed by atoms with Crippen LogP contribution in [0.5, 0.6) is 0 Å². The van der Waals surface area contributed by atoms with Crippen LogP contribution in [0, 0.1) is 0 Å². The van der Waals surface area contributed by atoms with Crippen molar-refractivity contribution < 1.29 is 5.11 Å². The Labute approximate surface area is 62.8 Å². The zero-order chi connectivity index (χ0) is 7.40. The van der Waals surface area contributed by atoms with Gasteiger partial charge < -0.3 is 5.11 Å². The molecule has 1 saturated heterocycles. The Morgan fingerprint density at radius 1 is 1.40 bits per heavy atom. The number of hydrogen-bond acceptors (Lipinski definition) is 2. The SMILES string of the molecule is CCCCCC(O)N1CC1. The van der Waals surface area contributed by atoms with E-state index in [2.05, 4.69) is 11.8 Å². The van der Waals surface area contributed by atoms with Crippen molar-refractivity contribution in [2.24, 2.45) is 0 Å². The van der Waals surface area contributed by atoms with Gasteiger partial charge in [0.05, 0.1) is 0 Å². The molecule has 1 N–H and O–H groups in total. The van der Waals surface area contributed by atoms with Crippen LogP contribution in [0.2, 0.25) is 0 Å². The van der Waals surface area contributed by atoms with Crippen LogP contribution in [-0.4, -0.2) is 29.3 Å². The summed E-state index contributed by atoms with van der Waals surface area (Å²) in [4.78, 5) is 2.09. The lowest BCUT2D eigenvalue weighted by molar-refractivity contribution is 0.0698. The highest BCUT2D eigenvalue weighted by molar-refractivity contribution is 4.74. The Bertz CT molecular complexity index is 91.3. The van der Waals surface area contributed by atoms with Crippen LogP contribution in [0.25, 0.3) is 0 Å². The van der Waals surface area contributed by atoms with E-state index in [4.69, 9.17) is 0 Å². The fourth-order valence-corrected chi connectivity index (χ4v) is 1.12. The summed E-state index contributed by atoms with van der Waals surface area (Å²) < 4.78 is 0. The van der Waals surface area contributed by atoms with Gasteiger partial charge in [0.15, 0.2) is 0 Å². The zero-order valence-corrected chi connectivity index (χ0v) is 6.71. The zero-order valence-electron chi connectivity index (χ0n) is 6.71. The summed E-state index contributed by atoms with van der Waals surface area (Å²) in [5, 5.41) is 9.34. The maximum absolute atomic E-state index is 9.34. The summed E-state index contributed by atoms with van der Waals surface area (Å²) in [6.45, 7) is 4.39. The predicted molar refractivity (Wildman–Crippen MR) is 41.7 cm³/mol. The Morgan fingerprint density at radius 2 is 2.10 bits per heavy atom. The molecule has 0 amide bonds. The molecule has 1 aliphatic rings. The number of nitrogens with zero attached hydrogens (tertiary/aromatic N) is 1. The molecule has 2 nitrogen and oxygen atoms in total. The molecule has 1 aliphatic heterocycles. The van der Waals surface area contributed by atoms with E-state index < -0.39 is 0 Å². The molecule has 0 aromatic rings. The highest BCUT2D eigenvalue weighted by Gasteiger charge is 2.24. The van der Waals surface area contributed by atoms with Crippen molar-refractivity contribution in [1.82, 2.24) is 4.90 Å². The van der Waals surface area contributed by atoms with Crippen molar-refractivity contribution in [2.75, 3.05) is 13.1 Å². The molecule has 10 heavy (non-hydrogen) atoms. The molecule has 0 spiro atoms. The molecule has 1 heterocycles. The fourth-order valence-electron chi connectivity index (χ4n) is 1.12. The van der Waals surface area contributed by atoms with Gasteiger partial charge in [-0.2, -0.15) is 0 Å². The predicted octanol–water partition coefficient (Wildman–Crippen LogP) is 1.20. The van der Waals surface area contributed by atoms with Crippen LogP contribution < -0.4 is 0 Å². The van der Waals surface area contributed by atoms with Crippen molar-refractivity contribution in [3.8, 4) is 0 Å². The molecule has 2 heteroatoms. The molecule has 0 aromatic carbocycles. The van der Waals surface area contributed by atoms with Gasteiger partial charge in [-0.05, 0) is 12.8 Å². The quantitative estimate of drug-likeness (QED) is 0.461. The molecule has 0 aliphatic carbocycles. The first-order valence-electron chi connectivity index (χ1n) is 4.26. The Morgan fingerprint density at radius 3 is 2.60 bits per heavy atom. The summed E-state index contributed by atoms with van der Waals surface area (Å²) in [6.07, 6.45) is 4.51. The minimum Gasteiger partial charge on any atom is -0.378 e. The van der Waals surface area contributed by atoms with Gasteiger partial charge in [0, 0.05) is 13.1 Å². The molecule has 1 atom stereocenters. The van der Waals surface area contributed by atoms with Gasteiger partial charge in [0.1, 0.15) is 6.23 Å². The smallest absolute Gasteiger partial charge is 0.107 e. The van der Waals surface area contributed by atoms with E-state index in [0.717, 1.165) is 19.5 Å². The standard InChI is InChI=1S/C8H17NO/c1-2-3-4-5-8(10)9-6-7-9/h8,10H,2-7H2,1H3. The average molecular weight is 143 g/mol. The van der Waals surface area contributed by atoms with Crippen LogP contribution in [0.1, 0.15) is 32.6 Å². The third-order valence-electron chi connectivity index (χ3n) is 1.97. The molecular formula is C8H17NO. The van der Waals surface area contributed by atoms with Crippen molar-refractivity contribution in [3.05, 3.63) is 0 Å². The molecule has 1 unspecified atom stereocenters. The van der Waals surface area contributed by atoms with Gasteiger partial charge in [-0.1, -0.05) is 19.8 Å². The largest absolute Gasteiger partial charge is 0.378 e. The van der Waals surface area contributed by atoms with Gasteiger partial charge in [-0.15, -0.1) is 0 Å². The summed E-state index contributed by atoms with van der Waals surface area (Å²) in [5.74, 6) is 0. The van der Waals surface area contributed by atoms with Crippen LogP contribution in [0.4, 0.5) is 0 Å². The Kier molecular flexibility index (Phi) is 3.16. The molecular weight excluding hydrogens is 126 g/mol. The van der Waals surface area contributed by atoms with Crippen LogP contribution in [0.3, 0.4) is 0 Å². The maximum atomic E-state index is 9.34. The first-order valence-corrected chi connectivity index (χ1v) is 4.26. The monoisotopic (exact) mass is 143 g/mol. The van der Waals surface area contributed by atoms with Gasteiger partial charge in [0.2, 0.25) is 0 Å². The van der Waals surface area contributed by atoms with Crippen molar-refractivity contribution in [1.29, 1.82) is 0 Å². The lowest BCUT2D eigenvalue weighted by Gasteiger charge is -2.09. The topological polar surface area (TPSA) is 23.2 Å². The Balaban J connectivity index is 1.90. The minimum absolute atomic E-state index is 0.133. The second-order valence-electron chi connectivity index (χ2n) is 3.01. The number of rotatable bonds is 5. The first-order chi connectivity index (χ1) is 4.84. The van der Waals surface area contributed by atoms with Crippen LogP contribution in [0.15, 0.2) is 0 Å². The number of aliphatic hydroxyl groups is 1. The second-order valence-corrected chi connectivity index (χ2v) is 3.01. The summed E-state index contributed by atoms with van der Waals surface area (Å²) in [6, 6.07) is 0. The highest BCUT2D eigenvalue weighted by Crippen LogP contribution is 2.13. The molecule has 0 aromatic heterocycles. The van der Waals surface area contributed by atoms with Gasteiger partial charge in [-0.25, -0.2) is 0 Å². The highest BCUT2D eigenvalue weighted by atomic mass is 16.3. The van der Waals surface area contributed by atoms with E-state index in [9.17, 15) is 5.11 Å². The van der Waals surface area contributed by atoms with E-state index in [-0.39, 0.29) is 6.23 Å². The van der Waals surface area contributed by atoms with Crippen molar-refractivity contribution in [2.45, 2.75) is 38.8 Å². The molecule has 0 radical (unpaired) electrons. The van der Waals surface area contributed by atoms with Gasteiger partial charge in [0.25, 0.3) is 0 Å². The van der Waals surface area contributed by atoms with Crippen LogP contribution in [-0.2, 0) is 0 Å². The van der Waals surface area contributed by atoms with Crippen LogP contribution >= 0.6 is 0 Å². The van der Waals surface area contributed by atoms with Crippen molar-refractivity contribution >= 4 is 0 Å². The fraction of sp³-hybridized carbons (Fsp3) is 1.00. The normalized spacial score (nSPS) is 21.0. The average Bonchev–Trinajstić information content (AvgIpc) is 2.69. The van der Waals surface area contributed by atoms with Crippen molar-refractivity contribution in [3.63, 3.8) is 0 Å². The van der Waals surface area contributed by atoms with E-state index >= 15 is 0 Å². The molecule has 1 rings (SSSR count). The lowest BCUT2D eigenvalue weighted by Crippen LogP contribution is -2.17. The third-order valence-corrected chi connectivity index (χ3v) is 1.97.